The highest BCUT2D eigenvalue weighted by molar-refractivity contribution is 9.10. The summed E-state index contributed by atoms with van der Waals surface area (Å²) in [4.78, 5) is 0. The van der Waals surface area contributed by atoms with Crippen LogP contribution in [-0.2, 0) is 0 Å². The molecule has 1 saturated carbocycles. The van der Waals surface area contributed by atoms with Crippen LogP contribution in [0.3, 0.4) is 0 Å². The van der Waals surface area contributed by atoms with Gasteiger partial charge < -0.3 is 10.5 Å². The molecule has 0 radical (unpaired) electrons. The van der Waals surface area contributed by atoms with Crippen LogP contribution in [0.1, 0.15) is 24.8 Å². The number of aromatic amines is 1. The molecule has 4 nitrogen and oxygen atoms in total. The number of aromatic nitrogens is 2. The number of hydrogen-bond donors (Lipinski definition) is 2. The SMILES string of the molecule is Cc1cc(Br)c(OCC2CCC2)c(-c2cn[nH]c2N)c1. The highest BCUT2D eigenvalue weighted by Gasteiger charge is 2.20. The smallest absolute Gasteiger partial charge is 0.141 e. The summed E-state index contributed by atoms with van der Waals surface area (Å²) in [7, 11) is 0. The molecule has 5 heteroatoms. The second-order valence-electron chi connectivity index (χ2n) is 5.43. The van der Waals surface area contributed by atoms with Gasteiger partial charge in [-0.15, -0.1) is 0 Å². The van der Waals surface area contributed by atoms with Crippen molar-refractivity contribution in [2.24, 2.45) is 5.92 Å². The number of ether oxygens (including phenoxy) is 1. The van der Waals surface area contributed by atoms with E-state index in [-0.39, 0.29) is 0 Å². The van der Waals surface area contributed by atoms with Crippen LogP contribution in [-0.4, -0.2) is 16.8 Å². The fourth-order valence-electron chi connectivity index (χ4n) is 2.45. The summed E-state index contributed by atoms with van der Waals surface area (Å²) in [5, 5.41) is 6.78. The molecule has 3 rings (SSSR count). The van der Waals surface area contributed by atoms with Crippen molar-refractivity contribution in [3.63, 3.8) is 0 Å². The standard InChI is InChI=1S/C15H18BrN3O/c1-9-5-11(12-7-18-19-15(12)17)14(13(16)6-9)20-8-10-3-2-4-10/h5-7,10H,2-4,8H2,1H3,(H3,17,18,19). The van der Waals surface area contributed by atoms with Gasteiger partial charge in [-0.25, -0.2) is 0 Å². The van der Waals surface area contributed by atoms with E-state index in [1.54, 1.807) is 6.20 Å². The quantitative estimate of drug-likeness (QED) is 0.890. The summed E-state index contributed by atoms with van der Waals surface area (Å²) in [6.07, 6.45) is 5.61. The minimum absolute atomic E-state index is 0.566. The number of aryl methyl sites for hydroxylation is 1. The molecule has 1 heterocycles. The maximum absolute atomic E-state index is 6.06. The average Bonchev–Trinajstić information content (AvgIpc) is 2.75. The normalized spacial score (nSPS) is 15.1. The molecule has 1 aliphatic rings. The molecule has 0 unspecified atom stereocenters. The van der Waals surface area contributed by atoms with Crippen LogP contribution >= 0.6 is 15.9 Å². The molecule has 3 N–H and O–H groups in total. The lowest BCUT2D eigenvalue weighted by atomic mass is 9.86. The van der Waals surface area contributed by atoms with Crippen molar-refractivity contribution in [3.05, 3.63) is 28.4 Å². The van der Waals surface area contributed by atoms with Crippen molar-refractivity contribution >= 4 is 21.7 Å². The molecule has 2 aromatic rings. The molecule has 0 amide bonds. The summed E-state index contributed by atoms with van der Waals surface area (Å²) >= 11 is 3.60. The number of nitrogens with zero attached hydrogens (tertiary/aromatic N) is 1. The fraction of sp³-hybridized carbons (Fsp3) is 0.400. The summed E-state index contributed by atoms with van der Waals surface area (Å²) in [5.41, 5.74) is 8.98. The predicted octanol–water partition coefficient (Wildman–Crippen LogP) is 3.91. The van der Waals surface area contributed by atoms with E-state index in [9.17, 15) is 0 Å². The fourth-order valence-corrected chi connectivity index (χ4v) is 3.14. The van der Waals surface area contributed by atoms with Crippen LogP contribution < -0.4 is 10.5 Å². The van der Waals surface area contributed by atoms with Crippen molar-refractivity contribution < 1.29 is 4.74 Å². The van der Waals surface area contributed by atoms with Crippen molar-refractivity contribution in [1.29, 1.82) is 0 Å². The molecule has 1 fully saturated rings. The summed E-state index contributed by atoms with van der Waals surface area (Å²) in [5.74, 6) is 2.12. The maximum Gasteiger partial charge on any atom is 0.141 e. The van der Waals surface area contributed by atoms with Crippen LogP contribution in [0.5, 0.6) is 5.75 Å². The number of H-pyrrole nitrogens is 1. The van der Waals surface area contributed by atoms with Gasteiger partial charge in [0.25, 0.3) is 0 Å². The molecule has 1 aliphatic carbocycles. The van der Waals surface area contributed by atoms with Crippen molar-refractivity contribution in [2.45, 2.75) is 26.2 Å². The van der Waals surface area contributed by atoms with Crippen LogP contribution in [0.15, 0.2) is 22.8 Å². The van der Waals surface area contributed by atoms with Crippen LogP contribution in [0, 0.1) is 12.8 Å². The van der Waals surface area contributed by atoms with E-state index in [1.165, 1.54) is 19.3 Å². The molecule has 20 heavy (non-hydrogen) atoms. The van der Waals surface area contributed by atoms with Gasteiger partial charge in [-0.3, -0.25) is 5.10 Å². The number of hydrogen-bond acceptors (Lipinski definition) is 3. The number of benzene rings is 1. The van der Waals surface area contributed by atoms with E-state index in [1.807, 2.05) is 0 Å². The Kier molecular flexibility index (Phi) is 3.70. The minimum Gasteiger partial charge on any atom is -0.491 e. The van der Waals surface area contributed by atoms with E-state index in [4.69, 9.17) is 10.5 Å². The number of rotatable bonds is 4. The second kappa shape index (κ2) is 5.48. The van der Waals surface area contributed by atoms with Gasteiger partial charge in [0, 0.05) is 11.1 Å². The number of nitrogen functional groups attached to an aromatic ring is 1. The largest absolute Gasteiger partial charge is 0.491 e. The molecule has 1 aromatic heterocycles. The van der Waals surface area contributed by atoms with Gasteiger partial charge >= 0.3 is 0 Å². The van der Waals surface area contributed by atoms with E-state index in [2.05, 4.69) is 45.2 Å². The second-order valence-corrected chi connectivity index (χ2v) is 6.28. The molecular formula is C15H18BrN3O. The minimum atomic E-state index is 0.566. The third kappa shape index (κ3) is 2.54. The summed E-state index contributed by atoms with van der Waals surface area (Å²) < 4.78 is 7.03. The Morgan fingerprint density at radius 2 is 2.20 bits per heavy atom. The van der Waals surface area contributed by atoms with Gasteiger partial charge in [-0.1, -0.05) is 6.42 Å². The Bertz CT molecular complexity index is 620. The Labute approximate surface area is 126 Å². The topological polar surface area (TPSA) is 63.9 Å². The first-order valence-corrected chi connectivity index (χ1v) is 7.66. The Balaban J connectivity index is 1.95. The van der Waals surface area contributed by atoms with Crippen molar-refractivity contribution in [2.75, 3.05) is 12.3 Å². The molecule has 0 spiro atoms. The number of halogens is 1. The zero-order valence-electron chi connectivity index (χ0n) is 11.4. The summed E-state index contributed by atoms with van der Waals surface area (Å²) in [6.45, 7) is 2.83. The van der Waals surface area contributed by atoms with E-state index >= 15 is 0 Å². The molecule has 0 saturated heterocycles. The molecule has 0 atom stereocenters. The Hall–Kier alpha value is -1.49. The van der Waals surface area contributed by atoms with E-state index < -0.39 is 0 Å². The van der Waals surface area contributed by atoms with Gasteiger partial charge in [0.2, 0.25) is 0 Å². The van der Waals surface area contributed by atoms with E-state index in [0.717, 1.165) is 33.5 Å². The third-order valence-electron chi connectivity index (χ3n) is 3.84. The first-order chi connectivity index (χ1) is 9.65. The van der Waals surface area contributed by atoms with Crippen LogP contribution in [0.4, 0.5) is 5.82 Å². The van der Waals surface area contributed by atoms with Gasteiger partial charge in [0.15, 0.2) is 0 Å². The molecule has 106 valence electrons. The predicted molar refractivity (Wildman–Crippen MR) is 83.7 cm³/mol. The lowest BCUT2D eigenvalue weighted by molar-refractivity contribution is 0.180. The zero-order chi connectivity index (χ0) is 14.1. The first-order valence-electron chi connectivity index (χ1n) is 6.87. The van der Waals surface area contributed by atoms with Crippen molar-refractivity contribution in [3.8, 4) is 16.9 Å². The molecular weight excluding hydrogens is 318 g/mol. The highest BCUT2D eigenvalue weighted by atomic mass is 79.9. The highest BCUT2D eigenvalue weighted by Crippen LogP contribution is 2.40. The monoisotopic (exact) mass is 335 g/mol. The number of anilines is 1. The third-order valence-corrected chi connectivity index (χ3v) is 4.42. The van der Waals surface area contributed by atoms with Gasteiger partial charge in [0.05, 0.1) is 17.3 Å². The maximum atomic E-state index is 6.06. The van der Waals surface area contributed by atoms with Crippen molar-refractivity contribution in [1.82, 2.24) is 10.2 Å². The summed E-state index contributed by atoms with van der Waals surface area (Å²) in [6, 6.07) is 4.15. The number of nitrogens with one attached hydrogen (secondary N) is 1. The zero-order valence-corrected chi connectivity index (χ0v) is 13.0. The number of nitrogens with two attached hydrogens (primary N) is 1. The van der Waals surface area contributed by atoms with Gasteiger partial charge in [0.1, 0.15) is 11.6 Å². The Morgan fingerprint density at radius 1 is 1.40 bits per heavy atom. The van der Waals surface area contributed by atoms with Gasteiger partial charge in [-0.2, -0.15) is 5.10 Å². The average molecular weight is 336 g/mol. The lowest BCUT2D eigenvalue weighted by Gasteiger charge is -2.26. The first kappa shape index (κ1) is 13.5. The molecule has 0 aliphatic heterocycles. The lowest BCUT2D eigenvalue weighted by Crippen LogP contribution is -2.19. The molecule has 1 aromatic carbocycles. The van der Waals surface area contributed by atoms with E-state index in [0.29, 0.717) is 11.7 Å². The molecule has 0 bridgehead atoms. The Morgan fingerprint density at radius 3 is 2.80 bits per heavy atom. The van der Waals surface area contributed by atoms with Crippen LogP contribution in [0.2, 0.25) is 0 Å². The van der Waals surface area contributed by atoms with Gasteiger partial charge in [-0.05, 0) is 59.3 Å². The van der Waals surface area contributed by atoms with Crippen LogP contribution in [0.25, 0.3) is 11.1 Å².